The Hall–Kier alpha value is -8.50. The maximum Gasteiger partial charge on any atom is 0.336 e. The summed E-state index contributed by atoms with van der Waals surface area (Å²) in [7, 11) is 0. The molecule has 2 aromatic heterocycles. The van der Waals surface area contributed by atoms with Crippen LogP contribution in [0.25, 0.3) is 44.6 Å². The average molecular weight is 1100 g/mol. The lowest BCUT2D eigenvalue weighted by Gasteiger charge is -2.22. The predicted octanol–water partition coefficient (Wildman–Crippen LogP) is 3.20. The summed E-state index contributed by atoms with van der Waals surface area (Å²) in [4.78, 5) is 92.9. The van der Waals surface area contributed by atoms with Gasteiger partial charge in [0.05, 0.1) is 30.1 Å². The van der Waals surface area contributed by atoms with Crippen LogP contribution >= 0.6 is 12.2 Å². The maximum absolute atomic E-state index is 13.0. The van der Waals surface area contributed by atoms with Gasteiger partial charge in [-0.1, -0.05) is 6.07 Å². The molecular weight excluding hydrogens is 1040 g/mol. The van der Waals surface area contributed by atoms with E-state index < -0.39 is 47.4 Å². The van der Waals surface area contributed by atoms with Crippen LogP contribution in [0.3, 0.4) is 0 Å². The third-order valence-corrected chi connectivity index (χ3v) is 13.3. The van der Waals surface area contributed by atoms with Crippen molar-refractivity contribution in [2.24, 2.45) is 0 Å². The van der Waals surface area contributed by atoms with Crippen LogP contribution in [0.2, 0.25) is 0 Å². The van der Waals surface area contributed by atoms with E-state index in [9.17, 15) is 44.1 Å². The molecule has 2 aliphatic rings. The second kappa shape index (κ2) is 27.0. The molecule has 0 saturated heterocycles. The Morgan fingerprint density at radius 1 is 0.808 bits per heavy atom. The number of H-pyrrole nitrogens is 1. The van der Waals surface area contributed by atoms with Gasteiger partial charge in [0.2, 0.25) is 11.3 Å². The van der Waals surface area contributed by atoms with Crippen LogP contribution in [0.5, 0.6) is 0 Å². The van der Waals surface area contributed by atoms with Gasteiger partial charge in [-0.25, -0.2) is 33.9 Å². The monoisotopic (exact) mass is 1100 g/mol. The van der Waals surface area contributed by atoms with E-state index >= 15 is 0 Å². The summed E-state index contributed by atoms with van der Waals surface area (Å²) in [5.41, 5.74) is 5.24. The lowest BCUT2D eigenvalue weighted by atomic mass is 9.90. The number of carboxylic acids is 3. The highest BCUT2D eigenvalue weighted by Gasteiger charge is 2.26. The van der Waals surface area contributed by atoms with E-state index in [0.717, 1.165) is 53.7 Å². The Morgan fingerprint density at radius 2 is 1.50 bits per heavy atom. The van der Waals surface area contributed by atoms with Crippen molar-refractivity contribution in [1.29, 1.82) is 0 Å². The van der Waals surface area contributed by atoms with Crippen molar-refractivity contribution in [3.8, 4) is 22.5 Å². The van der Waals surface area contributed by atoms with Crippen LogP contribution in [-0.4, -0.2) is 115 Å². The van der Waals surface area contributed by atoms with Crippen LogP contribution in [0.1, 0.15) is 92.0 Å². The summed E-state index contributed by atoms with van der Waals surface area (Å²) >= 11 is 5.55. The van der Waals surface area contributed by atoms with Gasteiger partial charge < -0.3 is 68.6 Å². The van der Waals surface area contributed by atoms with Gasteiger partial charge in [0.25, 0.3) is 11.5 Å². The number of carboxylic acid groups (broad SMARTS) is 3. The van der Waals surface area contributed by atoms with Gasteiger partial charge in [-0.05, 0) is 133 Å². The quantitative estimate of drug-likeness (QED) is 0.0182. The van der Waals surface area contributed by atoms with Crippen molar-refractivity contribution in [2.45, 2.75) is 85.4 Å². The van der Waals surface area contributed by atoms with Gasteiger partial charge in [0.1, 0.15) is 42.3 Å². The minimum absolute atomic E-state index is 0. The summed E-state index contributed by atoms with van der Waals surface area (Å²) in [6, 6.07) is 20.5. The van der Waals surface area contributed by atoms with Crippen LogP contribution in [0.4, 0.5) is 17.1 Å². The van der Waals surface area contributed by atoms with Crippen molar-refractivity contribution < 1.29 is 56.1 Å². The van der Waals surface area contributed by atoms with Crippen molar-refractivity contribution >= 4 is 86.2 Å². The number of anilines is 3. The largest absolute Gasteiger partial charge is 1.00 e. The number of aromatic amines is 1. The van der Waals surface area contributed by atoms with Crippen LogP contribution < -0.4 is 59.4 Å². The fourth-order valence-electron chi connectivity index (χ4n) is 8.98. The lowest BCUT2D eigenvalue weighted by Crippen LogP contribution is -3.00. The molecule has 1 aliphatic heterocycles. The SMILES string of the molecule is CCN(CC)c1ccc2c(-c3ccc(NC(=S)NCCCCC(NC(=O)CCC(NC(=O)c4ccc(NCc5cnc6nc(C)[nH]c(=O)c6n5)cc4)C(=O)O)C(=O)O)cc3C(=O)O)c3ccc(=[N+](CC)CC)cc-3oc2c1.[Cl-]. The number of nitrogens with one attached hydrogen (secondary N) is 6. The number of unbranched alkanes of at least 4 members (excludes halogenated alkanes) is 1. The molecule has 3 heterocycles. The average Bonchev–Trinajstić information content (AvgIpc) is 3.51. The van der Waals surface area contributed by atoms with Crippen molar-refractivity contribution in [3.63, 3.8) is 0 Å². The molecule has 7 rings (SSSR count). The van der Waals surface area contributed by atoms with Gasteiger partial charge in [-0.3, -0.25) is 14.4 Å². The normalized spacial score (nSPS) is 11.8. The molecule has 21 nitrogen and oxygen atoms in total. The van der Waals surface area contributed by atoms with Crippen molar-refractivity contribution in [3.05, 3.63) is 123 Å². The predicted molar refractivity (Wildman–Crippen MR) is 297 cm³/mol. The third-order valence-electron chi connectivity index (χ3n) is 13.0. The highest BCUT2D eigenvalue weighted by Crippen LogP contribution is 2.42. The van der Waals surface area contributed by atoms with Crippen LogP contribution in [0, 0.1) is 6.92 Å². The topological polar surface area (TPSA) is 297 Å². The summed E-state index contributed by atoms with van der Waals surface area (Å²) in [6.07, 6.45) is 1.69. The number of aliphatic carboxylic acids is 2. The molecule has 2 atom stereocenters. The van der Waals surface area contributed by atoms with E-state index in [4.69, 9.17) is 16.6 Å². The standard InChI is InChI=1S/C55H61N11O10S.ClH/c1-6-65(7-2)36-18-21-39-44(27-36)76-45-28-37(66(8-3)9-4)19-22-40(45)47(39)38-20-17-34(26-41(38)52(70)71)62-55(77)56-25-11-10-12-42(53(72)73)63-46(67)24-23-43(54(74)75)64-50(68)32-13-15-33(16-14-32)57-29-35-30-58-49-48(61-35)51(69)60-31(5)59-49;/h13-22,26-28,30,42-43H,6-12,23-25,29H2,1-5H3,(H8,56,57,58,59,60,63,64,67,68,69,70,71,72,73,74,75,77);1H. The van der Waals surface area contributed by atoms with Gasteiger partial charge in [0, 0.05) is 77.3 Å². The second-order valence-electron chi connectivity index (χ2n) is 18.1. The van der Waals surface area contributed by atoms with Gasteiger partial charge >= 0.3 is 17.9 Å². The number of aryl methyl sites for hydroxylation is 1. The van der Waals surface area contributed by atoms with Gasteiger partial charge in [-0.15, -0.1) is 0 Å². The molecule has 2 amide bonds. The summed E-state index contributed by atoms with van der Waals surface area (Å²) in [5.74, 6) is -4.13. The molecule has 1 aliphatic carbocycles. The van der Waals surface area contributed by atoms with E-state index in [1.54, 1.807) is 31.2 Å². The summed E-state index contributed by atoms with van der Waals surface area (Å²) in [5, 5.41) is 46.4. The number of hydrogen-bond donors (Lipinski definition) is 9. The van der Waals surface area contributed by atoms with E-state index in [2.05, 4.69) is 83.7 Å². The molecule has 2 unspecified atom stereocenters. The lowest BCUT2D eigenvalue weighted by molar-refractivity contribution is -0.142. The Labute approximate surface area is 460 Å². The Morgan fingerprint density at radius 3 is 2.18 bits per heavy atom. The third kappa shape index (κ3) is 14.5. The van der Waals surface area contributed by atoms with Crippen molar-refractivity contribution in [1.82, 2.24) is 40.5 Å². The number of halogens is 1. The minimum atomic E-state index is -1.45. The first kappa shape index (κ1) is 58.8. The highest BCUT2D eigenvalue weighted by atomic mass is 35.5. The van der Waals surface area contributed by atoms with Gasteiger partial charge in [-0.2, -0.15) is 0 Å². The molecule has 3 aromatic carbocycles. The van der Waals surface area contributed by atoms with Gasteiger partial charge in [0.15, 0.2) is 16.3 Å². The molecule has 5 aromatic rings. The smallest absolute Gasteiger partial charge is 0.336 e. The molecule has 0 bridgehead atoms. The number of thiocarbonyl (C=S) groups is 1. The molecule has 0 saturated carbocycles. The first-order valence-electron chi connectivity index (χ1n) is 25.4. The highest BCUT2D eigenvalue weighted by molar-refractivity contribution is 7.80. The number of hydrogen-bond acceptors (Lipinski definition) is 13. The number of benzene rings is 4. The summed E-state index contributed by atoms with van der Waals surface area (Å²) < 4.78 is 8.80. The number of rotatable bonds is 24. The van der Waals surface area contributed by atoms with E-state index in [1.807, 2.05) is 36.4 Å². The van der Waals surface area contributed by atoms with Crippen molar-refractivity contribution in [2.75, 3.05) is 48.3 Å². The first-order valence-corrected chi connectivity index (χ1v) is 25.8. The molecule has 78 heavy (non-hydrogen) atoms. The molecule has 410 valence electrons. The minimum Gasteiger partial charge on any atom is -1.00 e. The molecular formula is C55H62ClN11O10S. The number of aromatic carboxylic acids is 1. The Kier molecular flexibility index (Phi) is 20.3. The number of carbonyl (C=O) groups is 5. The first-order chi connectivity index (χ1) is 37.0. The number of nitrogens with zero attached hydrogens (tertiary/aromatic N) is 5. The Bertz CT molecular complexity index is 3450. The van der Waals surface area contributed by atoms with Crippen LogP contribution in [0.15, 0.2) is 94.3 Å². The molecule has 0 radical (unpaired) electrons. The van der Waals surface area contributed by atoms with Crippen LogP contribution in [-0.2, 0) is 20.9 Å². The van der Waals surface area contributed by atoms with E-state index in [-0.39, 0.29) is 65.6 Å². The van der Waals surface area contributed by atoms with E-state index in [0.29, 0.717) is 59.2 Å². The number of fused-ring (bicyclic) bond motifs is 3. The van der Waals surface area contributed by atoms with E-state index in [1.165, 1.54) is 24.4 Å². The second-order valence-corrected chi connectivity index (χ2v) is 18.5. The number of carbonyl (C=O) groups excluding carboxylic acids is 2. The Balaban J connectivity index is 0.00000984. The zero-order valence-electron chi connectivity index (χ0n) is 43.7. The fraction of sp³-hybridized carbons (Fsp3) is 0.327. The molecule has 0 spiro atoms. The molecule has 23 heteroatoms. The fourth-order valence-corrected chi connectivity index (χ4v) is 9.20. The maximum atomic E-state index is 13.0. The summed E-state index contributed by atoms with van der Waals surface area (Å²) in [6.45, 7) is 13.7. The molecule has 9 N–H and O–H groups in total. The zero-order chi connectivity index (χ0) is 55.3. The zero-order valence-corrected chi connectivity index (χ0v) is 45.3. The molecule has 0 fully saturated rings. The number of aromatic nitrogens is 4. The number of amides is 2.